The van der Waals surface area contributed by atoms with Crippen LogP contribution in [-0.2, 0) is 19.1 Å². The molecule has 0 aromatic heterocycles. The summed E-state index contributed by atoms with van der Waals surface area (Å²) in [7, 11) is 0. The number of rotatable bonds is 7. The van der Waals surface area contributed by atoms with Gasteiger partial charge in [-0.2, -0.15) is 0 Å². The lowest BCUT2D eigenvalue weighted by Crippen LogP contribution is -2.57. The number of nitrogens with one attached hydrogen (secondary N) is 2. The van der Waals surface area contributed by atoms with Gasteiger partial charge in [-0.1, -0.05) is 43.6 Å². The second-order valence-electron chi connectivity index (χ2n) is 10.1. The Labute approximate surface area is 215 Å². The molecule has 6 atom stereocenters. The molecule has 190 valence electrons. The van der Waals surface area contributed by atoms with E-state index in [9.17, 15) is 19.5 Å². The van der Waals surface area contributed by atoms with Crippen LogP contribution in [0.3, 0.4) is 0 Å². The fraction of sp³-hybridized carbons (Fsp3) is 0.444. The lowest BCUT2D eigenvalue weighted by molar-refractivity contribution is -0.144. The Hall–Kier alpha value is -2.94. The number of para-hydroxylation sites is 1. The van der Waals surface area contributed by atoms with Gasteiger partial charge in [0, 0.05) is 16.4 Å². The minimum Gasteiger partial charge on any atom is -0.394 e. The number of ether oxygens (including phenoxy) is 1. The van der Waals surface area contributed by atoms with E-state index in [1.807, 2.05) is 32.0 Å². The van der Waals surface area contributed by atoms with Crippen molar-refractivity contribution >= 4 is 40.7 Å². The molecular formula is C27H30ClN3O5. The van der Waals surface area contributed by atoms with E-state index in [1.165, 1.54) is 4.90 Å². The second-order valence-corrected chi connectivity index (χ2v) is 10.6. The zero-order valence-corrected chi connectivity index (χ0v) is 20.9. The summed E-state index contributed by atoms with van der Waals surface area (Å²) < 4.78 is 6.43. The molecule has 2 unspecified atom stereocenters. The van der Waals surface area contributed by atoms with Crippen molar-refractivity contribution in [1.82, 2.24) is 4.90 Å². The van der Waals surface area contributed by atoms with Gasteiger partial charge in [0.25, 0.3) is 0 Å². The molecule has 3 heterocycles. The molecule has 0 saturated carbocycles. The van der Waals surface area contributed by atoms with Crippen molar-refractivity contribution in [3.63, 3.8) is 0 Å². The molecule has 2 aromatic carbocycles. The smallest absolute Gasteiger partial charge is 0.250 e. The third kappa shape index (κ3) is 3.97. The molecule has 3 aliphatic rings. The van der Waals surface area contributed by atoms with Gasteiger partial charge in [0.2, 0.25) is 17.7 Å². The summed E-state index contributed by atoms with van der Waals surface area (Å²) in [5.41, 5.74) is 0.0286. The first kappa shape index (κ1) is 24.7. The van der Waals surface area contributed by atoms with Crippen molar-refractivity contribution in [3.8, 4) is 0 Å². The maximum atomic E-state index is 14.0. The largest absolute Gasteiger partial charge is 0.394 e. The normalized spacial score (nSPS) is 29.4. The van der Waals surface area contributed by atoms with Crippen LogP contribution in [-0.4, -0.2) is 58.1 Å². The van der Waals surface area contributed by atoms with E-state index in [-0.39, 0.29) is 24.3 Å². The molecule has 3 fully saturated rings. The van der Waals surface area contributed by atoms with E-state index < -0.39 is 41.5 Å². The van der Waals surface area contributed by atoms with Gasteiger partial charge in [-0.15, -0.1) is 0 Å². The zero-order chi connectivity index (χ0) is 25.6. The Kier molecular flexibility index (Phi) is 6.53. The summed E-state index contributed by atoms with van der Waals surface area (Å²) in [5.74, 6) is -2.68. The van der Waals surface area contributed by atoms with Crippen LogP contribution < -0.4 is 10.6 Å². The maximum Gasteiger partial charge on any atom is 0.250 e. The fourth-order valence-corrected chi connectivity index (χ4v) is 6.29. The SMILES string of the molecule is CC(C)[C@H](CO)N1C(=O)[C@@H]2[C@@H](C(=O)Nc3ccccc3)[C@H]3CCC2(O3)C1C(=O)Nc1ccc(Cl)cc1. The fourth-order valence-electron chi connectivity index (χ4n) is 6.16. The third-order valence-electron chi connectivity index (χ3n) is 7.76. The van der Waals surface area contributed by atoms with Gasteiger partial charge in [0.15, 0.2) is 0 Å². The molecule has 0 radical (unpaired) electrons. The minimum atomic E-state index is -1.14. The van der Waals surface area contributed by atoms with Gasteiger partial charge in [0.1, 0.15) is 11.6 Å². The Bertz CT molecular complexity index is 1160. The van der Waals surface area contributed by atoms with E-state index in [4.69, 9.17) is 16.3 Å². The molecule has 3 amide bonds. The Morgan fingerprint density at radius 1 is 1.08 bits per heavy atom. The molecule has 8 nitrogen and oxygen atoms in total. The molecule has 5 rings (SSSR count). The Morgan fingerprint density at radius 3 is 2.36 bits per heavy atom. The molecule has 1 spiro atoms. The van der Waals surface area contributed by atoms with Crippen LogP contribution in [0, 0.1) is 17.8 Å². The van der Waals surface area contributed by atoms with Crippen LogP contribution in [0.15, 0.2) is 54.6 Å². The average Bonchev–Trinajstić information content (AvgIpc) is 3.49. The number of hydrogen-bond donors (Lipinski definition) is 3. The summed E-state index contributed by atoms with van der Waals surface area (Å²) in [4.78, 5) is 42.7. The predicted molar refractivity (Wildman–Crippen MR) is 135 cm³/mol. The number of aliphatic hydroxyl groups excluding tert-OH is 1. The van der Waals surface area contributed by atoms with Crippen molar-refractivity contribution in [1.29, 1.82) is 0 Å². The van der Waals surface area contributed by atoms with E-state index in [0.29, 0.717) is 29.2 Å². The van der Waals surface area contributed by atoms with Gasteiger partial charge in [-0.3, -0.25) is 14.4 Å². The van der Waals surface area contributed by atoms with Crippen molar-refractivity contribution < 1.29 is 24.2 Å². The number of fused-ring (bicyclic) bond motifs is 1. The Morgan fingerprint density at radius 2 is 1.72 bits per heavy atom. The number of hydrogen-bond acceptors (Lipinski definition) is 5. The number of halogens is 1. The van der Waals surface area contributed by atoms with Gasteiger partial charge in [0.05, 0.1) is 30.6 Å². The lowest BCUT2D eigenvalue weighted by Gasteiger charge is -2.38. The molecule has 3 aliphatic heterocycles. The van der Waals surface area contributed by atoms with Gasteiger partial charge >= 0.3 is 0 Å². The first-order valence-electron chi connectivity index (χ1n) is 12.3. The van der Waals surface area contributed by atoms with Crippen LogP contribution in [0.2, 0.25) is 5.02 Å². The maximum absolute atomic E-state index is 14.0. The standard InChI is InChI=1S/C27H30ClN3O5/c1-15(2)19(14-32)31-23(25(34)30-18-10-8-16(28)9-11-18)27-13-12-20(36-27)21(22(27)26(31)35)24(33)29-17-6-4-3-5-7-17/h3-11,15,19-23,32H,12-14H2,1-2H3,(H,29,33)(H,30,34)/t19-,20+,21-,22-,23?,27?/m0/s1. The number of amides is 3. The summed E-state index contributed by atoms with van der Waals surface area (Å²) in [5, 5.41) is 16.6. The predicted octanol–water partition coefficient (Wildman–Crippen LogP) is 3.31. The van der Waals surface area contributed by atoms with Crippen molar-refractivity contribution in [3.05, 3.63) is 59.6 Å². The van der Waals surface area contributed by atoms with E-state index in [0.717, 1.165) is 0 Å². The second kappa shape index (κ2) is 9.50. The van der Waals surface area contributed by atoms with E-state index >= 15 is 0 Å². The lowest BCUT2D eigenvalue weighted by atomic mass is 9.70. The summed E-state index contributed by atoms with van der Waals surface area (Å²) >= 11 is 5.99. The van der Waals surface area contributed by atoms with Crippen molar-refractivity contribution in [2.75, 3.05) is 17.2 Å². The first-order chi connectivity index (χ1) is 17.3. The van der Waals surface area contributed by atoms with Crippen LogP contribution >= 0.6 is 11.6 Å². The van der Waals surface area contributed by atoms with Crippen LogP contribution in [0.25, 0.3) is 0 Å². The first-order valence-corrected chi connectivity index (χ1v) is 12.7. The molecule has 3 N–H and O–H groups in total. The molecule has 2 aromatic rings. The highest BCUT2D eigenvalue weighted by molar-refractivity contribution is 6.30. The summed E-state index contributed by atoms with van der Waals surface area (Å²) in [6, 6.07) is 14.2. The van der Waals surface area contributed by atoms with Gasteiger partial charge in [-0.25, -0.2) is 0 Å². The molecule has 9 heteroatoms. The number of aliphatic hydroxyl groups is 1. The van der Waals surface area contributed by atoms with E-state index in [2.05, 4.69) is 10.6 Å². The highest BCUT2D eigenvalue weighted by atomic mass is 35.5. The summed E-state index contributed by atoms with van der Waals surface area (Å²) in [6.45, 7) is 3.49. The molecule has 36 heavy (non-hydrogen) atoms. The average molecular weight is 512 g/mol. The van der Waals surface area contributed by atoms with Crippen LogP contribution in [0.4, 0.5) is 11.4 Å². The molecule has 3 saturated heterocycles. The number of carbonyl (C=O) groups is 3. The number of carbonyl (C=O) groups excluding carboxylic acids is 3. The number of benzene rings is 2. The molecular weight excluding hydrogens is 482 g/mol. The summed E-state index contributed by atoms with van der Waals surface area (Å²) in [6.07, 6.45) is 0.595. The Balaban J connectivity index is 1.51. The van der Waals surface area contributed by atoms with Gasteiger partial charge in [-0.05, 0) is 55.2 Å². The molecule has 0 aliphatic carbocycles. The molecule has 2 bridgehead atoms. The number of likely N-dealkylation sites (tertiary alicyclic amines) is 1. The number of anilines is 2. The highest BCUT2D eigenvalue weighted by Crippen LogP contribution is 2.59. The third-order valence-corrected chi connectivity index (χ3v) is 8.01. The zero-order valence-electron chi connectivity index (χ0n) is 20.2. The van der Waals surface area contributed by atoms with Crippen molar-refractivity contribution in [2.45, 2.75) is 50.5 Å². The number of nitrogens with zero attached hydrogens (tertiary/aromatic N) is 1. The quantitative estimate of drug-likeness (QED) is 0.528. The van der Waals surface area contributed by atoms with Crippen molar-refractivity contribution in [2.24, 2.45) is 17.8 Å². The van der Waals surface area contributed by atoms with Crippen LogP contribution in [0.1, 0.15) is 26.7 Å². The van der Waals surface area contributed by atoms with Gasteiger partial charge < -0.3 is 25.4 Å². The minimum absolute atomic E-state index is 0.117. The van der Waals surface area contributed by atoms with E-state index in [1.54, 1.807) is 36.4 Å². The highest BCUT2D eigenvalue weighted by Gasteiger charge is 2.75. The van der Waals surface area contributed by atoms with Crippen LogP contribution in [0.5, 0.6) is 0 Å². The topological polar surface area (TPSA) is 108 Å². The monoisotopic (exact) mass is 511 g/mol.